The molecule has 3 rings (SSSR count). The van der Waals surface area contributed by atoms with Crippen LogP contribution in [0.15, 0.2) is 28.9 Å². The van der Waals surface area contributed by atoms with Crippen molar-refractivity contribution < 1.29 is 9.90 Å². The summed E-state index contributed by atoms with van der Waals surface area (Å²) in [5, 5.41) is 17.0. The molecule has 0 bridgehead atoms. The van der Waals surface area contributed by atoms with Crippen molar-refractivity contribution in [3.05, 3.63) is 45.1 Å². The topological polar surface area (TPSA) is 71.2 Å². The van der Waals surface area contributed by atoms with E-state index in [0.29, 0.717) is 5.02 Å². The maximum Gasteiger partial charge on any atom is 0.358 e. The molecule has 0 saturated carbocycles. The normalized spacial score (nSPS) is 15.9. The lowest BCUT2D eigenvalue weighted by molar-refractivity contribution is 0.0690. The highest BCUT2D eigenvalue weighted by atomic mass is 79.9. The summed E-state index contributed by atoms with van der Waals surface area (Å²) in [5.74, 6) is -1.05. The standard InChI is InChI=1S/C13H12BrClN4O2/c14-10-2-1-8(3-11(10)15)4-18-5-9(6-18)19-7-12(13(20)21)16-17-19/h1-3,7,9H,4-6H2,(H,20,21). The second-order valence-electron chi connectivity index (χ2n) is 4.99. The number of hydrogen-bond acceptors (Lipinski definition) is 4. The van der Waals surface area contributed by atoms with Gasteiger partial charge in [0.05, 0.1) is 17.3 Å². The van der Waals surface area contributed by atoms with Crippen LogP contribution in [0.5, 0.6) is 0 Å². The molecule has 0 aliphatic carbocycles. The Morgan fingerprint density at radius 1 is 1.48 bits per heavy atom. The third-order valence-corrected chi connectivity index (χ3v) is 4.66. The third-order valence-electron chi connectivity index (χ3n) is 3.43. The number of halogens is 2. The van der Waals surface area contributed by atoms with Crippen LogP contribution in [0.3, 0.4) is 0 Å². The van der Waals surface area contributed by atoms with Gasteiger partial charge in [-0.15, -0.1) is 5.10 Å². The number of benzene rings is 1. The van der Waals surface area contributed by atoms with Crippen LogP contribution in [0, 0.1) is 0 Å². The van der Waals surface area contributed by atoms with Crippen LogP contribution in [-0.4, -0.2) is 44.1 Å². The van der Waals surface area contributed by atoms with E-state index >= 15 is 0 Å². The fraction of sp³-hybridized carbons (Fsp3) is 0.308. The number of carbonyl (C=O) groups is 1. The molecule has 0 atom stereocenters. The maximum atomic E-state index is 10.8. The predicted molar refractivity (Wildman–Crippen MR) is 80.4 cm³/mol. The highest BCUT2D eigenvalue weighted by Gasteiger charge is 2.29. The van der Waals surface area contributed by atoms with E-state index in [4.69, 9.17) is 16.7 Å². The fourth-order valence-corrected chi connectivity index (χ4v) is 2.74. The van der Waals surface area contributed by atoms with Crippen molar-refractivity contribution in [2.45, 2.75) is 12.6 Å². The molecule has 110 valence electrons. The van der Waals surface area contributed by atoms with Gasteiger partial charge in [0.2, 0.25) is 0 Å². The molecule has 1 aliphatic rings. The van der Waals surface area contributed by atoms with Crippen LogP contribution in [0.25, 0.3) is 0 Å². The first kappa shape index (κ1) is 14.5. The molecule has 1 aromatic carbocycles. The first-order valence-electron chi connectivity index (χ1n) is 6.34. The number of rotatable bonds is 4. The van der Waals surface area contributed by atoms with Crippen molar-refractivity contribution in [1.82, 2.24) is 19.9 Å². The minimum absolute atomic E-state index is 0.0202. The molecule has 21 heavy (non-hydrogen) atoms. The SMILES string of the molecule is O=C(O)c1cn(C2CN(Cc3ccc(Br)c(Cl)c3)C2)nn1. The van der Waals surface area contributed by atoms with Crippen molar-refractivity contribution in [3.8, 4) is 0 Å². The largest absolute Gasteiger partial charge is 0.476 e. The van der Waals surface area contributed by atoms with Crippen LogP contribution < -0.4 is 0 Å². The van der Waals surface area contributed by atoms with Crippen LogP contribution >= 0.6 is 27.5 Å². The first-order valence-corrected chi connectivity index (χ1v) is 7.51. The van der Waals surface area contributed by atoms with Gasteiger partial charge in [-0.05, 0) is 33.6 Å². The van der Waals surface area contributed by atoms with Crippen molar-refractivity contribution in [2.24, 2.45) is 0 Å². The zero-order valence-electron chi connectivity index (χ0n) is 10.9. The van der Waals surface area contributed by atoms with Gasteiger partial charge in [-0.3, -0.25) is 4.90 Å². The summed E-state index contributed by atoms with van der Waals surface area (Å²) in [4.78, 5) is 13.0. The van der Waals surface area contributed by atoms with E-state index in [2.05, 4.69) is 31.1 Å². The summed E-state index contributed by atoms with van der Waals surface area (Å²) in [6.07, 6.45) is 1.47. The highest BCUT2D eigenvalue weighted by molar-refractivity contribution is 9.10. The summed E-state index contributed by atoms with van der Waals surface area (Å²) in [5.41, 5.74) is 1.12. The molecule has 8 heteroatoms. The average Bonchev–Trinajstić information content (AvgIpc) is 2.87. The van der Waals surface area contributed by atoms with Gasteiger partial charge in [-0.1, -0.05) is 22.9 Å². The van der Waals surface area contributed by atoms with Gasteiger partial charge in [0.25, 0.3) is 0 Å². The number of carboxylic acid groups (broad SMARTS) is 1. The predicted octanol–water partition coefficient (Wildman–Crippen LogP) is 2.45. The minimum atomic E-state index is -1.05. The smallest absolute Gasteiger partial charge is 0.358 e. The Bertz CT molecular complexity index is 685. The Labute approximate surface area is 134 Å². The summed E-state index contributed by atoms with van der Waals surface area (Å²) >= 11 is 9.44. The Balaban J connectivity index is 1.57. The van der Waals surface area contributed by atoms with Gasteiger partial charge in [0.1, 0.15) is 0 Å². The molecular formula is C13H12BrClN4O2. The average molecular weight is 372 g/mol. The van der Waals surface area contributed by atoms with Crippen molar-refractivity contribution in [3.63, 3.8) is 0 Å². The zero-order valence-corrected chi connectivity index (χ0v) is 13.3. The molecule has 1 saturated heterocycles. The summed E-state index contributed by atoms with van der Waals surface area (Å²) in [6, 6.07) is 6.08. The van der Waals surface area contributed by atoms with E-state index in [1.54, 1.807) is 4.68 Å². The van der Waals surface area contributed by atoms with Gasteiger partial charge >= 0.3 is 5.97 Å². The van der Waals surface area contributed by atoms with E-state index < -0.39 is 5.97 Å². The maximum absolute atomic E-state index is 10.8. The molecule has 0 amide bonds. The molecule has 0 unspecified atom stereocenters. The minimum Gasteiger partial charge on any atom is -0.476 e. The Morgan fingerprint density at radius 3 is 2.86 bits per heavy atom. The quantitative estimate of drug-likeness (QED) is 0.894. The first-order chi connectivity index (χ1) is 10.0. The molecule has 1 N–H and O–H groups in total. The Hall–Kier alpha value is -1.44. The summed E-state index contributed by atoms with van der Waals surface area (Å²) in [7, 11) is 0. The van der Waals surface area contributed by atoms with Gasteiger partial charge in [0, 0.05) is 24.1 Å². The van der Waals surface area contributed by atoms with Crippen LogP contribution in [0.4, 0.5) is 0 Å². The number of hydrogen-bond donors (Lipinski definition) is 1. The lowest BCUT2D eigenvalue weighted by atomic mass is 10.1. The van der Waals surface area contributed by atoms with E-state index in [1.165, 1.54) is 6.20 Å². The van der Waals surface area contributed by atoms with Crippen molar-refractivity contribution in [2.75, 3.05) is 13.1 Å². The highest BCUT2D eigenvalue weighted by Crippen LogP contribution is 2.26. The van der Waals surface area contributed by atoms with Gasteiger partial charge < -0.3 is 5.11 Å². The summed E-state index contributed by atoms with van der Waals surface area (Å²) < 4.78 is 2.51. The lowest BCUT2D eigenvalue weighted by Gasteiger charge is -2.38. The van der Waals surface area contributed by atoms with Gasteiger partial charge in [-0.2, -0.15) is 0 Å². The van der Waals surface area contributed by atoms with Gasteiger partial charge in [-0.25, -0.2) is 9.48 Å². The molecular weight excluding hydrogens is 360 g/mol. The Kier molecular flexibility index (Phi) is 3.97. The van der Waals surface area contributed by atoms with Gasteiger partial charge in [0.15, 0.2) is 5.69 Å². The molecule has 1 aliphatic heterocycles. The number of carboxylic acids is 1. The van der Waals surface area contributed by atoms with Crippen LogP contribution in [0.1, 0.15) is 22.1 Å². The van der Waals surface area contributed by atoms with E-state index in [9.17, 15) is 4.79 Å². The fourth-order valence-electron chi connectivity index (χ4n) is 2.29. The van der Waals surface area contributed by atoms with Crippen molar-refractivity contribution in [1.29, 1.82) is 0 Å². The van der Waals surface area contributed by atoms with E-state index in [0.717, 1.165) is 29.7 Å². The van der Waals surface area contributed by atoms with Crippen LogP contribution in [-0.2, 0) is 6.54 Å². The Morgan fingerprint density at radius 2 is 2.24 bits per heavy atom. The third kappa shape index (κ3) is 3.09. The second-order valence-corrected chi connectivity index (χ2v) is 6.25. The zero-order chi connectivity index (χ0) is 15.0. The number of aromatic carboxylic acids is 1. The molecule has 0 radical (unpaired) electrons. The van der Waals surface area contributed by atoms with Crippen LogP contribution in [0.2, 0.25) is 5.02 Å². The molecule has 1 fully saturated rings. The number of nitrogens with zero attached hydrogens (tertiary/aromatic N) is 4. The molecule has 0 spiro atoms. The number of likely N-dealkylation sites (tertiary alicyclic amines) is 1. The van der Waals surface area contributed by atoms with E-state index in [1.807, 2.05) is 18.2 Å². The molecule has 1 aromatic heterocycles. The lowest BCUT2D eigenvalue weighted by Crippen LogP contribution is -2.47. The summed E-state index contributed by atoms with van der Waals surface area (Å²) in [6.45, 7) is 2.44. The molecule has 2 aromatic rings. The van der Waals surface area contributed by atoms with Crippen molar-refractivity contribution >= 4 is 33.5 Å². The van der Waals surface area contributed by atoms with E-state index in [-0.39, 0.29) is 11.7 Å². The number of aromatic nitrogens is 3. The second kappa shape index (κ2) is 5.75. The monoisotopic (exact) mass is 370 g/mol. The molecule has 2 heterocycles. The molecule has 6 nitrogen and oxygen atoms in total.